The number of halogens is 1. The van der Waals surface area contributed by atoms with Gasteiger partial charge in [0.1, 0.15) is 5.52 Å². The predicted molar refractivity (Wildman–Crippen MR) is 114 cm³/mol. The van der Waals surface area contributed by atoms with Crippen molar-refractivity contribution in [2.24, 2.45) is 0 Å². The Bertz CT molecular complexity index is 1060. The van der Waals surface area contributed by atoms with E-state index in [2.05, 4.69) is 27.2 Å². The van der Waals surface area contributed by atoms with Crippen molar-refractivity contribution in [2.45, 2.75) is 6.54 Å². The molecule has 0 amide bonds. The first-order valence-corrected chi connectivity index (χ1v) is 10.0. The number of anilines is 2. The third-order valence-corrected chi connectivity index (χ3v) is 4.89. The molecule has 0 atom stereocenters. The summed E-state index contributed by atoms with van der Waals surface area (Å²) in [6, 6.07) is 16.2. The average molecular weight is 396 g/mol. The van der Waals surface area contributed by atoms with Crippen molar-refractivity contribution < 1.29 is 0 Å². The van der Waals surface area contributed by atoms with E-state index in [4.69, 9.17) is 16.7 Å². The van der Waals surface area contributed by atoms with Crippen LogP contribution in [0.3, 0.4) is 0 Å². The zero-order valence-electron chi connectivity index (χ0n) is 14.7. The van der Waals surface area contributed by atoms with E-state index in [0.717, 1.165) is 28.1 Å². The largest absolute Gasteiger partial charge is 0.379 e. The third-order valence-electron chi connectivity index (χ3n) is 4.15. The van der Waals surface area contributed by atoms with Gasteiger partial charge in [-0.3, -0.25) is 4.98 Å². The summed E-state index contributed by atoms with van der Waals surface area (Å²) in [5, 5.41) is 8.86. The van der Waals surface area contributed by atoms with Gasteiger partial charge >= 0.3 is 0 Å². The monoisotopic (exact) mass is 395 g/mol. The van der Waals surface area contributed by atoms with Crippen LogP contribution in [0.1, 0.15) is 5.56 Å². The Labute approximate surface area is 166 Å². The summed E-state index contributed by atoms with van der Waals surface area (Å²) >= 11 is 7.93. The molecular formula is C20H18ClN5S. The fourth-order valence-corrected chi connectivity index (χ4v) is 3.50. The zero-order chi connectivity index (χ0) is 18.6. The Morgan fingerprint density at radius 3 is 2.78 bits per heavy atom. The number of hydrogen-bond acceptors (Lipinski definition) is 5. The van der Waals surface area contributed by atoms with E-state index in [-0.39, 0.29) is 0 Å². The first-order chi connectivity index (χ1) is 13.2. The van der Waals surface area contributed by atoms with E-state index < -0.39 is 0 Å². The maximum atomic E-state index is 6.40. The smallest absolute Gasteiger partial charge is 0.106 e. The second-order valence-electron chi connectivity index (χ2n) is 6.01. The van der Waals surface area contributed by atoms with Gasteiger partial charge < -0.3 is 10.0 Å². The Balaban J connectivity index is 1.73. The molecular weight excluding hydrogens is 378 g/mol. The molecule has 0 aliphatic rings. The van der Waals surface area contributed by atoms with Gasteiger partial charge in [0.25, 0.3) is 0 Å². The van der Waals surface area contributed by atoms with Crippen LogP contribution in [0.4, 0.5) is 11.4 Å². The van der Waals surface area contributed by atoms with Crippen LogP contribution in [-0.4, -0.2) is 20.9 Å². The van der Waals surface area contributed by atoms with Crippen LogP contribution in [-0.2, 0) is 6.54 Å². The summed E-state index contributed by atoms with van der Waals surface area (Å²) in [6.45, 7) is 0.702. The molecule has 0 fully saturated rings. The SMILES string of the molecule is CSNc1cncc(-c2cc(NCc3ccccc3)c3c(Cl)ccn3n2)c1. The Morgan fingerprint density at radius 2 is 1.96 bits per heavy atom. The topological polar surface area (TPSA) is 54.2 Å². The molecule has 7 heteroatoms. The van der Waals surface area contributed by atoms with Crippen LogP contribution in [0, 0.1) is 0 Å². The van der Waals surface area contributed by atoms with Gasteiger partial charge in [-0.05, 0) is 23.8 Å². The maximum absolute atomic E-state index is 6.40. The van der Waals surface area contributed by atoms with Crippen LogP contribution in [0.25, 0.3) is 16.8 Å². The zero-order valence-corrected chi connectivity index (χ0v) is 16.3. The van der Waals surface area contributed by atoms with Crippen LogP contribution in [0.2, 0.25) is 5.02 Å². The van der Waals surface area contributed by atoms with Gasteiger partial charge in [-0.1, -0.05) is 53.9 Å². The highest BCUT2D eigenvalue weighted by molar-refractivity contribution is 7.99. The lowest BCUT2D eigenvalue weighted by Gasteiger charge is -2.12. The van der Waals surface area contributed by atoms with Crippen LogP contribution in [0.5, 0.6) is 0 Å². The van der Waals surface area contributed by atoms with Gasteiger partial charge in [0.05, 0.1) is 28.3 Å². The molecule has 0 unspecified atom stereocenters. The average Bonchev–Trinajstić information content (AvgIpc) is 3.08. The number of hydrogen-bond donors (Lipinski definition) is 2. The summed E-state index contributed by atoms with van der Waals surface area (Å²) in [4.78, 5) is 4.32. The van der Waals surface area contributed by atoms with E-state index in [9.17, 15) is 0 Å². The van der Waals surface area contributed by atoms with Gasteiger partial charge in [-0.25, -0.2) is 4.52 Å². The minimum Gasteiger partial charge on any atom is -0.379 e. The van der Waals surface area contributed by atoms with Crippen LogP contribution in [0.15, 0.2) is 67.1 Å². The van der Waals surface area contributed by atoms with E-state index in [1.807, 2.05) is 55.0 Å². The van der Waals surface area contributed by atoms with Crippen molar-refractivity contribution in [3.8, 4) is 11.3 Å². The second kappa shape index (κ2) is 7.90. The molecule has 27 heavy (non-hydrogen) atoms. The number of rotatable bonds is 6. The van der Waals surface area contributed by atoms with Crippen molar-refractivity contribution in [1.29, 1.82) is 0 Å². The highest BCUT2D eigenvalue weighted by atomic mass is 35.5. The van der Waals surface area contributed by atoms with Crippen molar-refractivity contribution in [2.75, 3.05) is 16.3 Å². The van der Waals surface area contributed by atoms with Gasteiger partial charge in [-0.15, -0.1) is 0 Å². The van der Waals surface area contributed by atoms with E-state index in [1.54, 1.807) is 10.7 Å². The molecule has 3 heterocycles. The molecule has 0 aliphatic carbocycles. The molecule has 0 spiro atoms. The molecule has 0 saturated carbocycles. The minimum atomic E-state index is 0.667. The highest BCUT2D eigenvalue weighted by Crippen LogP contribution is 2.30. The number of pyridine rings is 1. The number of fused-ring (bicyclic) bond motifs is 1. The molecule has 136 valence electrons. The lowest BCUT2D eigenvalue weighted by atomic mass is 10.1. The van der Waals surface area contributed by atoms with Gasteiger partial charge in [0.15, 0.2) is 0 Å². The summed E-state index contributed by atoms with van der Waals surface area (Å²) < 4.78 is 5.01. The lowest BCUT2D eigenvalue weighted by molar-refractivity contribution is 0.944. The first-order valence-electron chi connectivity index (χ1n) is 8.45. The Kier molecular flexibility index (Phi) is 5.18. The minimum absolute atomic E-state index is 0.667. The predicted octanol–water partition coefficient (Wildman–Crippen LogP) is 5.35. The molecule has 2 N–H and O–H groups in total. The number of aromatic nitrogens is 3. The summed E-state index contributed by atoms with van der Waals surface area (Å²) in [6.07, 6.45) is 7.45. The fraction of sp³-hybridized carbons (Fsp3) is 0.100. The molecule has 1 aromatic carbocycles. The highest BCUT2D eigenvalue weighted by Gasteiger charge is 2.12. The lowest BCUT2D eigenvalue weighted by Crippen LogP contribution is -2.04. The quantitative estimate of drug-likeness (QED) is 0.431. The van der Waals surface area contributed by atoms with Crippen molar-refractivity contribution in [3.63, 3.8) is 0 Å². The molecule has 4 rings (SSSR count). The molecule has 3 aromatic heterocycles. The molecule has 0 saturated heterocycles. The summed E-state index contributed by atoms with van der Waals surface area (Å²) in [5.74, 6) is 0. The Morgan fingerprint density at radius 1 is 1.11 bits per heavy atom. The normalized spacial score (nSPS) is 10.9. The van der Waals surface area contributed by atoms with Gasteiger partial charge in [0, 0.05) is 30.8 Å². The molecule has 0 aliphatic heterocycles. The maximum Gasteiger partial charge on any atom is 0.106 e. The van der Waals surface area contributed by atoms with Crippen molar-refractivity contribution in [1.82, 2.24) is 14.6 Å². The second-order valence-corrected chi connectivity index (χ2v) is 7.03. The molecule has 5 nitrogen and oxygen atoms in total. The van der Waals surface area contributed by atoms with Gasteiger partial charge in [0.2, 0.25) is 0 Å². The summed E-state index contributed by atoms with van der Waals surface area (Å²) in [5.41, 5.74) is 5.69. The first kappa shape index (κ1) is 17.7. The van der Waals surface area contributed by atoms with Gasteiger partial charge in [-0.2, -0.15) is 5.10 Å². The van der Waals surface area contributed by atoms with Crippen LogP contribution >= 0.6 is 23.5 Å². The molecule has 4 aromatic rings. The number of nitrogens with one attached hydrogen (secondary N) is 2. The fourth-order valence-electron chi connectivity index (χ4n) is 2.91. The standard InChI is InChI=1S/C20H18ClN5S/c1-27-25-16-9-15(12-22-13-16)18-10-19(20-17(21)7-8-26(20)24-18)23-11-14-5-3-2-4-6-14/h2-10,12-13,23,25H,11H2,1H3. The van der Waals surface area contributed by atoms with E-state index in [1.165, 1.54) is 17.5 Å². The summed E-state index contributed by atoms with van der Waals surface area (Å²) in [7, 11) is 0. The van der Waals surface area contributed by atoms with E-state index >= 15 is 0 Å². The number of benzene rings is 1. The third kappa shape index (κ3) is 3.86. The van der Waals surface area contributed by atoms with Crippen LogP contribution < -0.4 is 10.0 Å². The number of nitrogens with zero attached hydrogens (tertiary/aromatic N) is 3. The van der Waals surface area contributed by atoms with Crippen molar-refractivity contribution in [3.05, 3.63) is 77.7 Å². The van der Waals surface area contributed by atoms with Crippen molar-refractivity contribution >= 4 is 40.4 Å². The molecule has 0 radical (unpaired) electrons. The Hall–Kier alpha value is -2.70. The molecule has 0 bridgehead atoms. The van der Waals surface area contributed by atoms with E-state index in [0.29, 0.717) is 11.6 Å².